The van der Waals surface area contributed by atoms with Crippen LogP contribution in [0.4, 0.5) is 0 Å². The topological polar surface area (TPSA) is 41.6 Å². The Kier molecular flexibility index (Phi) is 5.01. The van der Waals surface area contributed by atoms with Gasteiger partial charge in [0.25, 0.3) is 0 Å². The molecular formula is C14H26N2O2. The standard InChI is InChI=1S/C14H26N2O2/c1-11-9-15-10-12(2)16(11)14(17)7-6-13-5-3-4-8-18-13/h11-13,15H,3-10H2,1-2H3. The van der Waals surface area contributed by atoms with Crippen molar-refractivity contribution < 1.29 is 9.53 Å². The molecule has 0 spiro atoms. The Hall–Kier alpha value is -0.610. The van der Waals surface area contributed by atoms with Gasteiger partial charge in [-0.15, -0.1) is 0 Å². The second-order valence-corrected chi connectivity index (χ2v) is 5.68. The third-order valence-electron chi connectivity index (χ3n) is 4.07. The van der Waals surface area contributed by atoms with Gasteiger partial charge in [0.1, 0.15) is 0 Å². The van der Waals surface area contributed by atoms with E-state index in [9.17, 15) is 4.79 Å². The molecular weight excluding hydrogens is 228 g/mol. The molecule has 0 aromatic heterocycles. The second-order valence-electron chi connectivity index (χ2n) is 5.68. The van der Waals surface area contributed by atoms with Gasteiger partial charge in [-0.3, -0.25) is 4.79 Å². The first-order valence-electron chi connectivity index (χ1n) is 7.32. The molecule has 0 saturated carbocycles. The maximum absolute atomic E-state index is 12.3. The van der Waals surface area contributed by atoms with Crippen molar-refractivity contribution in [2.45, 2.75) is 64.1 Å². The average molecular weight is 254 g/mol. The zero-order valence-corrected chi connectivity index (χ0v) is 11.7. The number of carbonyl (C=O) groups is 1. The highest BCUT2D eigenvalue weighted by Crippen LogP contribution is 2.19. The lowest BCUT2D eigenvalue weighted by Gasteiger charge is -2.39. The van der Waals surface area contributed by atoms with Crippen LogP contribution in [0.2, 0.25) is 0 Å². The van der Waals surface area contributed by atoms with Crippen LogP contribution in [0.25, 0.3) is 0 Å². The van der Waals surface area contributed by atoms with Gasteiger partial charge in [-0.25, -0.2) is 0 Å². The molecule has 2 fully saturated rings. The summed E-state index contributed by atoms with van der Waals surface area (Å²) in [5, 5.41) is 3.36. The van der Waals surface area contributed by atoms with Crippen LogP contribution in [0.5, 0.6) is 0 Å². The Bertz CT molecular complexity index is 267. The van der Waals surface area contributed by atoms with E-state index in [1.807, 2.05) is 0 Å². The molecule has 0 aromatic rings. The quantitative estimate of drug-likeness (QED) is 0.831. The van der Waals surface area contributed by atoms with E-state index >= 15 is 0 Å². The number of amides is 1. The molecule has 0 radical (unpaired) electrons. The molecule has 4 nitrogen and oxygen atoms in total. The van der Waals surface area contributed by atoms with E-state index in [0.717, 1.165) is 32.5 Å². The van der Waals surface area contributed by atoms with Crippen LogP contribution in [0, 0.1) is 0 Å². The fourth-order valence-electron chi connectivity index (χ4n) is 3.07. The fraction of sp³-hybridized carbons (Fsp3) is 0.929. The second kappa shape index (κ2) is 6.53. The summed E-state index contributed by atoms with van der Waals surface area (Å²) >= 11 is 0. The lowest BCUT2D eigenvalue weighted by molar-refractivity contribution is -0.137. The smallest absolute Gasteiger partial charge is 0.223 e. The molecule has 104 valence electrons. The first-order chi connectivity index (χ1) is 8.68. The summed E-state index contributed by atoms with van der Waals surface area (Å²) in [4.78, 5) is 14.4. The van der Waals surface area contributed by atoms with E-state index in [-0.39, 0.29) is 0 Å². The van der Waals surface area contributed by atoms with Crippen LogP contribution in [-0.2, 0) is 9.53 Å². The summed E-state index contributed by atoms with van der Waals surface area (Å²) < 4.78 is 5.69. The van der Waals surface area contributed by atoms with Crippen molar-refractivity contribution in [2.24, 2.45) is 0 Å². The van der Waals surface area contributed by atoms with Crippen molar-refractivity contribution in [3.8, 4) is 0 Å². The van der Waals surface area contributed by atoms with Gasteiger partial charge in [0, 0.05) is 38.2 Å². The van der Waals surface area contributed by atoms with Gasteiger partial charge in [0.2, 0.25) is 5.91 Å². The van der Waals surface area contributed by atoms with Crippen LogP contribution in [0.3, 0.4) is 0 Å². The van der Waals surface area contributed by atoms with Crippen LogP contribution < -0.4 is 5.32 Å². The number of hydrogen-bond donors (Lipinski definition) is 1. The maximum atomic E-state index is 12.3. The molecule has 1 N–H and O–H groups in total. The number of ether oxygens (including phenoxy) is 1. The molecule has 4 heteroatoms. The van der Waals surface area contributed by atoms with E-state index in [0.29, 0.717) is 30.5 Å². The van der Waals surface area contributed by atoms with Crippen LogP contribution in [-0.4, -0.2) is 48.7 Å². The maximum Gasteiger partial charge on any atom is 0.223 e. The number of rotatable bonds is 3. The minimum Gasteiger partial charge on any atom is -0.378 e. The van der Waals surface area contributed by atoms with Gasteiger partial charge in [-0.1, -0.05) is 0 Å². The van der Waals surface area contributed by atoms with Crippen molar-refractivity contribution in [2.75, 3.05) is 19.7 Å². The summed E-state index contributed by atoms with van der Waals surface area (Å²) in [5.74, 6) is 0.297. The van der Waals surface area contributed by atoms with E-state index < -0.39 is 0 Å². The Morgan fingerprint density at radius 2 is 2.00 bits per heavy atom. The molecule has 0 bridgehead atoms. The van der Waals surface area contributed by atoms with E-state index in [4.69, 9.17) is 4.74 Å². The third kappa shape index (κ3) is 3.45. The summed E-state index contributed by atoms with van der Waals surface area (Å²) in [6, 6.07) is 0.627. The van der Waals surface area contributed by atoms with E-state index in [2.05, 4.69) is 24.1 Å². The van der Waals surface area contributed by atoms with E-state index in [1.165, 1.54) is 12.8 Å². The Balaban J connectivity index is 1.79. The van der Waals surface area contributed by atoms with Gasteiger partial charge >= 0.3 is 0 Å². The normalized spacial score (nSPS) is 33.4. The van der Waals surface area contributed by atoms with Crippen LogP contribution >= 0.6 is 0 Å². The van der Waals surface area contributed by atoms with Crippen LogP contribution in [0.1, 0.15) is 46.0 Å². The highest BCUT2D eigenvalue weighted by atomic mass is 16.5. The predicted octanol–water partition coefficient (Wildman–Crippen LogP) is 1.54. The minimum atomic E-state index is 0.297. The molecule has 3 atom stereocenters. The Morgan fingerprint density at radius 3 is 2.61 bits per heavy atom. The average Bonchev–Trinajstić information content (AvgIpc) is 2.37. The van der Waals surface area contributed by atoms with Crippen molar-refractivity contribution in [3.63, 3.8) is 0 Å². The lowest BCUT2D eigenvalue weighted by atomic mass is 10.0. The predicted molar refractivity (Wildman–Crippen MR) is 71.5 cm³/mol. The van der Waals surface area contributed by atoms with Gasteiger partial charge in [-0.2, -0.15) is 0 Å². The number of hydrogen-bond acceptors (Lipinski definition) is 3. The molecule has 0 aliphatic carbocycles. The molecule has 2 saturated heterocycles. The minimum absolute atomic E-state index is 0.297. The zero-order chi connectivity index (χ0) is 13.0. The van der Waals surface area contributed by atoms with Crippen molar-refractivity contribution >= 4 is 5.91 Å². The highest BCUT2D eigenvalue weighted by Gasteiger charge is 2.28. The molecule has 0 aromatic carbocycles. The molecule has 18 heavy (non-hydrogen) atoms. The zero-order valence-electron chi connectivity index (χ0n) is 11.7. The van der Waals surface area contributed by atoms with Gasteiger partial charge in [0.15, 0.2) is 0 Å². The van der Waals surface area contributed by atoms with Gasteiger partial charge < -0.3 is 15.0 Å². The summed E-state index contributed by atoms with van der Waals surface area (Å²) in [6.45, 7) is 6.95. The molecule has 2 aliphatic rings. The van der Waals surface area contributed by atoms with Crippen LogP contribution in [0.15, 0.2) is 0 Å². The number of nitrogens with one attached hydrogen (secondary N) is 1. The molecule has 2 rings (SSSR count). The SMILES string of the molecule is CC1CNCC(C)N1C(=O)CCC1CCCCO1. The third-order valence-corrected chi connectivity index (χ3v) is 4.07. The monoisotopic (exact) mass is 254 g/mol. The summed E-state index contributed by atoms with van der Waals surface area (Å²) in [6.07, 6.45) is 5.40. The Morgan fingerprint density at radius 1 is 1.28 bits per heavy atom. The Labute approximate surface area is 110 Å². The molecule has 3 unspecified atom stereocenters. The molecule has 2 aliphatic heterocycles. The highest BCUT2D eigenvalue weighted by molar-refractivity contribution is 5.77. The number of nitrogens with zero attached hydrogens (tertiary/aromatic N) is 1. The first kappa shape index (κ1) is 13.8. The molecule has 2 heterocycles. The van der Waals surface area contributed by atoms with Gasteiger partial charge in [-0.05, 0) is 39.5 Å². The van der Waals surface area contributed by atoms with Crippen molar-refractivity contribution in [3.05, 3.63) is 0 Å². The summed E-state index contributed by atoms with van der Waals surface area (Å²) in [7, 11) is 0. The summed E-state index contributed by atoms with van der Waals surface area (Å²) in [5.41, 5.74) is 0. The number of carbonyl (C=O) groups excluding carboxylic acids is 1. The fourth-order valence-corrected chi connectivity index (χ4v) is 3.07. The first-order valence-corrected chi connectivity index (χ1v) is 7.32. The van der Waals surface area contributed by atoms with Crippen molar-refractivity contribution in [1.29, 1.82) is 0 Å². The van der Waals surface area contributed by atoms with Gasteiger partial charge in [0.05, 0.1) is 6.10 Å². The van der Waals surface area contributed by atoms with Crippen molar-refractivity contribution in [1.82, 2.24) is 10.2 Å². The molecule has 1 amide bonds. The number of piperazine rings is 1. The lowest BCUT2D eigenvalue weighted by Crippen LogP contribution is -2.57. The largest absolute Gasteiger partial charge is 0.378 e. The van der Waals surface area contributed by atoms with E-state index in [1.54, 1.807) is 0 Å².